The predicted molar refractivity (Wildman–Crippen MR) is 139 cm³/mol. The molecule has 180 valence electrons. The van der Waals surface area contributed by atoms with Crippen molar-refractivity contribution in [1.82, 2.24) is 4.90 Å². The van der Waals surface area contributed by atoms with Crippen LogP contribution in [0.25, 0.3) is 6.08 Å². The van der Waals surface area contributed by atoms with Crippen LogP contribution in [0.15, 0.2) is 64.0 Å². The van der Waals surface area contributed by atoms with Crippen LogP contribution in [-0.2, 0) is 17.9 Å². The Labute approximate surface area is 223 Å². The van der Waals surface area contributed by atoms with E-state index in [-0.39, 0.29) is 23.9 Å². The monoisotopic (exact) mass is 595 g/mol. The van der Waals surface area contributed by atoms with Crippen molar-refractivity contribution in [3.05, 3.63) is 96.5 Å². The summed E-state index contributed by atoms with van der Waals surface area (Å²) in [4.78, 5) is 26.9. The highest BCUT2D eigenvalue weighted by atomic mass is 79.9. The van der Waals surface area contributed by atoms with Gasteiger partial charge in [-0.2, -0.15) is 0 Å². The van der Waals surface area contributed by atoms with Crippen molar-refractivity contribution < 1.29 is 23.5 Å². The van der Waals surface area contributed by atoms with Crippen LogP contribution in [-0.4, -0.2) is 23.2 Å². The van der Waals surface area contributed by atoms with Crippen molar-refractivity contribution >= 4 is 68.1 Å². The molecule has 0 unspecified atom stereocenters. The number of rotatable bonds is 7. The maximum atomic E-state index is 13.4. The average Bonchev–Trinajstić information content (AvgIpc) is 3.07. The number of halogens is 4. The first kappa shape index (κ1) is 25.6. The molecule has 3 aromatic rings. The van der Waals surface area contributed by atoms with Gasteiger partial charge < -0.3 is 9.47 Å². The Kier molecular flexibility index (Phi) is 8.06. The van der Waals surface area contributed by atoms with Gasteiger partial charge in [-0.1, -0.05) is 41.4 Å². The smallest absolute Gasteiger partial charge is 0.293 e. The molecule has 0 atom stereocenters. The van der Waals surface area contributed by atoms with Gasteiger partial charge >= 0.3 is 0 Å². The average molecular weight is 597 g/mol. The van der Waals surface area contributed by atoms with Crippen LogP contribution in [0, 0.1) is 5.82 Å². The second-order valence-electron chi connectivity index (χ2n) is 7.42. The van der Waals surface area contributed by atoms with E-state index in [9.17, 15) is 14.0 Å². The molecular weight excluding hydrogens is 580 g/mol. The molecule has 4 rings (SSSR count). The minimum atomic E-state index is -0.447. The van der Waals surface area contributed by atoms with Crippen molar-refractivity contribution in [1.29, 1.82) is 0 Å². The Morgan fingerprint density at radius 2 is 1.80 bits per heavy atom. The van der Waals surface area contributed by atoms with Crippen molar-refractivity contribution in [2.45, 2.75) is 13.2 Å². The predicted octanol–water partition coefficient (Wildman–Crippen LogP) is 7.72. The zero-order valence-corrected chi connectivity index (χ0v) is 22.1. The van der Waals surface area contributed by atoms with Crippen LogP contribution in [0.3, 0.4) is 0 Å². The van der Waals surface area contributed by atoms with Crippen molar-refractivity contribution in [3.63, 3.8) is 0 Å². The first-order valence-corrected chi connectivity index (χ1v) is 12.6. The van der Waals surface area contributed by atoms with Crippen molar-refractivity contribution in [2.24, 2.45) is 0 Å². The van der Waals surface area contributed by atoms with Gasteiger partial charge in [-0.15, -0.1) is 0 Å². The van der Waals surface area contributed by atoms with E-state index < -0.39 is 11.1 Å². The van der Waals surface area contributed by atoms with Crippen LogP contribution in [0.5, 0.6) is 11.5 Å². The molecule has 1 aliphatic rings. The zero-order valence-electron chi connectivity index (χ0n) is 18.2. The Bertz CT molecular complexity index is 1330. The molecule has 0 radical (unpaired) electrons. The number of amides is 2. The lowest BCUT2D eigenvalue weighted by atomic mass is 10.1. The van der Waals surface area contributed by atoms with E-state index in [4.69, 9.17) is 32.7 Å². The summed E-state index contributed by atoms with van der Waals surface area (Å²) in [5, 5.41) is 0.337. The number of carbonyl (C=O) groups is 2. The van der Waals surface area contributed by atoms with Crippen LogP contribution < -0.4 is 9.47 Å². The number of imide groups is 1. The van der Waals surface area contributed by atoms with E-state index in [0.717, 1.165) is 16.7 Å². The van der Waals surface area contributed by atoms with Crippen LogP contribution in [0.4, 0.5) is 9.18 Å². The normalized spacial score (nSPS) is 14.7. The standard InChI is InChI=1S/C25H17BrCl2FNO4S/c1-33-21-10-15(9-18(26)23(21)34-13-14-4-2-5-16(29)8-14)11-22-24(31)30(25(32)35-22)12-17-19(27)6-3-7-20(17)28/h2-11H,12-13H2,1H3/b22-11+. The van der Waals surface area contributed by atoms with Gasteiger partial charge in [0.1, 0.15) is 12.4 Å². The molecular formula is C25H17BrCl2FNO4S. The van der Waals surface area contributed by atoms with Gasteiger partial charge in [-0.05, 0) is 81.3 Å². The third kappa shape index (κ3) is 5.83. The fourth-order valence-corrected chi connectivity index (χ4v) is 5.30. The summed E-state index contributed by atoms with van der Waals surface area (Å²) in [6, 6.07) is 14.5. The summed E-state index contributed by atoms with van der Waals surface area (Å²) in [7, 11) is 1.49. The van der Waals surface area contributed by atoms with E-state index in [2.05, 4.69) is 15.9 Å². The third-order valence-corrected chi connectivity index (χ3v) is 7.28. The van der Waals surface area contributed by atoms with Crippen molar-refractivity contribution in [2.75, 3.05) is 7.11 Å². The molecule has 0 aromatic heterocycles. The molecule has 35 heavy (non-hydrogen) atoms. The molecule has 3 aromatic carbocycles. The largest absolute Gasteiger partial charge is 0.493 e. The fraction of sp³-hybridized carbons (Fsp3) is 0.120. The van der Waals surface area contributed by atoms with Gasteiger partial charge in [0.15, 0.2) is 11.5 Å². The molecule has 0 N–H and O–H groups in total. The maximum Gasteiger partial charge on any atom is 0.293 e. The second kappa shape index (κ2) is 11.0. The quantitative estimate of drug-likeness (QED) is 0.261. The highest BCUT2D eigenvalue weighted by molar-refractivity contribution is 9.10. The Morgan fingerprint density at radius 3 is 2.49 bits per heavy atom. The number of methoxy groups -OCH3 is 1. The Balaban J connectivity index is 1.55. The highest BCUT2D eigenvalue weighted by Crippen LogP contribution is 2.40. The van der Waals surface area contributed by atoms with E-state index in [0.29, 0.717) is 42.7 Å². The van der Waals surface area contributed by atoms with Gasteiger partial charge in [0.25, 0.3) is 11.1 Å². The first-order chi connectivity index (χ1) is 16.8. The fourth-order valence-electron chi connectivity index (χ4n) is 3.37. The lowest BCUT2D eigenvalue weighted by Crippen LogP contribution is -2.27. The molecule has 5 nitrogen and oxygen atoms in total. The lowest BCUT2D eigenvalue weighted by Gasteiger charge is -2.15. The minimum absolute atomic E-state index is 0.0274. The zero-order chi connectivity index (χ0) is 25.1. The highest BCUT2D eigenvalue weighted by Gasteiger charge is 2.35. The number of thioether (sulfide) groups is 1. The summed E-state index contributed by atoms with van der Waals surface area (Å²) in [5.41, 5.74) is 1.78. The number of hydrogen-bond donors (Lipinski definition) is 0. The van der Waals surface area contributed by atoms with Crippen LogP contribution >= 0.6 is 50.9 Å². The van der Waals surface area contributed by atoms with Gasteiger partial charge in [-0.25, -0.2) is 4.39 Å². The summed E-state index contributed by atoms with van der Waals surface area (Å²) in [6.45, 7) is 0.107. The molecule has 1 heterocycles. The molecule has 2 amide bonds. The Morgan fingerprint density at radius 1 is 1.09 bits per heavy atom. The number of benzene rings is 3. The second-order valence-corrected chi connectivity index (χ2v) is 10.1. The SMILES string of the molecule is COc1cc(/C=C2/SC(=O)N(Cc3c(Cl)cccc3Cl)C2=O)cc(Br)c1OCc1cccc(F)c1. The topological polar surface area (TPSA) is 55.8 Å². The number of ether oxygens (including phenoxy) is 2. The number of carbonyl (C=O) groups excluding carboxylic acids is 2. The van der Waals surface area contributed by atoms with Crippen LogP contribution in [0.1, 0.15) is 16.7 Å². The maximum absolute atomic E-state index is 13.4. The molecule has 0 bridgehead atoms. The molecule has 1 saturated heterocycles. The summed E-state index contributed by atoms with van der Waals surface area (Å²) in [5.74, 6) is 0.0372. The Hall–Kier alpha value is -2.52. The van der Waals surface area contributed by atoms with Crippen LogP contribution in [0.2, 0.25) is 10.0 Å². The van der Waals surface area contributed by atoms with Gasteiger partial charge in [0, 0.05) is 15.6 Å². The molecule has 1 aliphatic heterocycles. The summed E-state index contributed by atoms with van der Waals surface area (Å²) >= 11 is 16.7. The molecule has 1 fully saturated rings. The first-order valence-electron chi connectivity index (χ1n) is 10.2. The number of nitrogens with zero attached hydrogens (tertiary/aromatic N) is 1. The van der Waals surface area contributed by atoms with Gasteiger partial charge in [-0.3, -0.25) is 14.5 Å². The van der Waals surface area contributed by atoms with E-state index in [1.807, 2.05) is 0 Å². The lowest BCUT2D eigenvalue weighted by molar-refractivity contribution is -0.123. The minimum Gasteiger partial charge on any atom is -0.493 e. The van der Waals surface area contributed by atoms with E-state index >= 15 is 0 Å². The molecule has 0 aliphatic carbocycles. The van der Waals surface area contributed by atoms with Crippen molar-refractivity contribution in [3.8, 4) is 11.5 Å². The summed E-state index contributed by atoms with van der Waals surface area (Å²) in [6.07, 6.45) is 1.60. The third-order valence-electron chi connectivity index (χ3n) is 5.07. The van der Waals surface area contributed by atoms with Gasteiger partial charge in [0.2, 0.25) is 0 Å². The summed E-state index contributed by atoms with van der Waals surface area (Å²) < 4.78 is 25.3. The molecule has 10 heteroatoms. The molecule has 0 saturated carbocycles. The van der Waals surface area contributed by atoms with E-state index in [1.165, 1.54) is 19.2 Å². The number of hydrogen-bond acceptors (Lipinski definition) is 5. The van der Waals surface area contributed by atoms with Gasteiger partial charge in [0.05, 0.1) is 23.0 Å². The van der Waals surface area contributed by atoms with E-state index in [1.54, 1.807) is 48.5 Å². The molecule has 0 spiro atoms.